The van der Waals surface area contributed by atoms with Crippen LogP contribution in [0.25, 0.3) is 21.7 Å². The summed E-state index contributed by atoms with van der Waals surface area (Å²) in [5.41, 5.74) is 8.01. The van der Waals surface area contributed by atoms with Crippen LogP contribution in [0.4, 0.5) is 0 Å². The van der Waals surface area contributed by atoms with E-state index >= 15 is 0 Å². The van der Waals surface area contributed by atoms with E-state index in [2.05, 4.69) is 11.1 Å². The van der Waals surface area contributed by atoms with Crippen LogP contribution in [0.5, 0.6) is 5.75 Å². The fourth-order valence-corrected chi connectivity index (χ4v) is 3.98. The van der Waals surface area contributed by atoms with Gasteiger partial charge >= 0.3 is 0 Å². The lowest BCUT2D eigenvalue weighted by Gasteiger charge is -2.27. The maximum atomic E-state index is 13.1. The van der Waals surface area contributed by atoms with Crippen LogP contribution < -0.4 is 16.0 Å². The van der Waals surface area contributed by atoms with Gasteiger partial charge in [-0.3, -0.25) is 4.79 Å². The summed E-state index contributed by atoms with van der Waals surface area (Å²) in [6.45, 7) is 0. The molecule has 2 heterocycles. The van der Waals surface area contributed by atoms with E-state index in [1.807, 2.05) is 66.7 Å². The van der Waals surface area contributed by atoms with Crippen molar-refractivity contribution in [2.45, 2.75) is 5.92 Å². The van der Waals surface area contributed by atoms with E-state index in [-0.39, 0.29) is 17.0 Å². The van der Waals surface area contributed by atoms with E-state index in [0.29, 0.717) is 16.8 Å². The number of ether oxygens (including phenoxy) is 1. The SMILES string of the molecule is N#CC1=C(N)Oc2c(c(=O)[nH]c3ccccc23)C1c1cccc2ccccc12. The molecule has 1 aromatic heterocycles. The number of aromatic amines is 1. The van der Waals surface area contributed by atoms with Gasteiger partial charge in [0.2, 0.25) is 5.88 Å². The standard InChI is InChI=1S/C23H15N3O2/c24-12-17-19(15-10-5-7-13-6-1-2-8-14(13)15)20-21(28-22(17)25)16-9-3-4-11-18(16)26-23(20)27/h1-11,19H,25H2,(H,26,27). The van der Waals surface area contributed by atoms with Gasteiger partial charge in [-0.2, -0.15) is 5.26 Å². The van der Waals surface area contributed by atoms with Gasteiger partial charge in [-0.25, -0.2) is 0 Å². The third-order valence-corrected chi connectivity index (χ3v) is 5.22. The number of nitrogens with zero attached hydrogens (tertiary/aromatic N) is 1. The first-order valence-corrected chi connectivity index (χ1v) is 8.89. The molecule has 1 aliphatic rings. The number of rotatable bonds is 1. The van der Waals surface area contributed by atoms with Crippen molar-refractivity contribution in [2.24, 2.45) is 5.73 Å². The number of nitriles is 1. The smallest absolute Gasteiger partial charge is 0.256 e. The Morgan fingerprint density at radius 2 is 1.68 bits per heavy atom. The van der Waals surface area contributed by atoms with Crippen molar-refractivity contribution >= 4 is 21.7 Å². The highest BCUT2D eigenvalue weighted by molar-refractivity contribution is 5.90. The number of H-pyrrole nitrogens is 1. The molecule has 0 bridgehead atoms. The number of allylic oxidation sites excluding steroid dienone is 1. The van der Waals surface area contributed by atoms with Gasteiger partial charge in [-0.15, -0.1) is 0 Å². The van der Waals surface area contributed by atoms with Crippen LogP contribution in [0.1, 0.15) is 17.0 Å². The first-order valence-electron chi connectivity index (χ1n) is 8.89. The number of para-hydroxylation sites is 1. The third kappa shape index (κ3) is 2.22. The molecular formula is C23H15N3O2. The second kappa shape index (κ2) is 6.00. The van der Waals surface area contributed by atoms with Crippen molar-refractivity contribution < 1.29 is 4.74 Å². The molecule has 5 rings (SSSR count). The molecule has 1 unspecified atom stereocenters. The summed E-state index contributed by atoms with van der Waals surface area (Å²) < 4.78 is 5.81. The minimum atomic E-state index is -0.604. The second-order valence-electron chi connectivity index (χ2n) is 6.74. The minimum absolute atomic E-state index is 0.0312. The van der Waals surface area contributed by atoms with Gasteiger partial charge in [0.1, 0.15) is 17.4 Å². The average Bonchev–Trinajstić information content (AvgIpc) is 2.72. The average molecular weight is 365 g/mol. The molecule has 5 heteroatoms. The van der Waals surface area contributed by atoms with Gasteiger partial charge in [0.15, 0.2) is 0 Å². The highest BCUT2D eigenvalue weighted by Gasteiger charge is 2.35. The van der Waals surface area contributed by atoms with Crippen molar-refractivity contribution in [1.29, 1.82) is 5.26 Å². The first kappa shape index (κ1) is 16.2. The van der Waals surface area contributed by atoms with Crippen molar-refractivity contribution in [3.05, 3.63) is 99.7 Å². The largest absolute Gasteiger partial charge is 0.439 e. The molecular weight excluding hydrogens is 350 g/mol. The molecule has 0 amide bonds. The van der Waals surface area contributed by atoms with Gasteiger partial charge in [-0.05, 0) is 28.5 Å². The Morgan fingerprint density at radius 3 is 2.50 bits per heavy atom. The molecule has 28 heavy (non-hydrogen) atoms. The Bertz CT molecular complexity index is 1390. The first-order chi connectivity index (χ1) is 13.7. The third-order valence-electron chi connectivity index (χ3n) is 5.22. The molecule has 5 nitrogen and oxygen atoms in total. The summed E-state index contributed by atoms with van der Waals surface area (Å²) >= 11 is 0. The number of hydrogen-bond acceptors (Lipinski definition) is 4. The van der Waals surface area contributed by atoms with Crippen molar-refractivity contribution in [2.75, 3.05) is 0 Å². The highest BCUT2D eigenvalue weighted by Crippen LogP contribution is 2.44. The Labute approximate surface area is 160 Å². The lowest BCUT2D eigenvalue weighted by molar-refractivity contribution is 0.397. The number of fused-ring (bicyclic) bond motifs is 4. The van der Waals surface area contributed by atoms with Crippen LogP contribution in [-0.2, 0) is 0 Å². The van der Waals surface area contributed by atoms with Gasteiger partial charge in [0.05, 0.1) is 17.0 Å². The lowest BCUT2D eigenvalue weighted by Crippen LogP contribution is -2.28. The van der Waals surface area contributed by atoms with Crippen LogP contribution in [-0.4, -0.2) is 4.98 Å². The maximum Gasteiger partial charge on any atom is 0.256 e. The van der Waals surface area contributed by atoms with Gasteiger partial charge < -0.3 is 15.5 Å². The molecule has 4 aromatic rings. The zero-order valence-electron chi connectivity index (χ0n) is 14.8. The lowest BCUT2D eigenvalue weighted by atomic mass is 9.81. The van der Waals surface area contributed by atoms with E-state index in [0.717, 1.165) is 21.7 Å². The van der Waals surface area contributed by atoms with E-state index < -0.39 is 5.92 Å². The molecule has 1 aliphatic heterocycles. The number of aromatic nitrogens is 1. The summed E-state index contributed by atoms with van der Waals surface area (Å²) in [7, 11) is 0. The molecule has 0 spiro atoms. The Hall–Kier alpha value is -4.04. The number of nitrogens with two attached hydrogens (primary N) is 1. The summed E-state index contributed by atoms with van der Waals surface area (Å²) in [6.07, 6.45) is 0. The van der Waals surface area contributed by atoms with E-state index in [1.165, 1.54) is 0 Å². The van der Waals surface area contributed by atoms with E-state index in [9.17, 15) is 10.1 Å². The van der Waals surface area contributed by atoms with Gasteiger partial charge in [0.25, 0.3) is 5.56 Å². The molecule has 134 valence electrons. The second-order valence-corrected chi connectivity index (χ2v) is 6.74. The zero-order chi connectivity index (χ0) is 19.3. The summed E-state index contributed by atoms with van der Waals surface area (Å²) in [6, 6.07) is 23.3. The fraction of sp³-hybridized carbons (Fsp3) is 0.0435. The number of pyridine rings is 1. The van der Waals surface area contributed by atoms with Crippen LogP contribution in [0.15, 0.2) is 83.0 Å². The molecule has 3 N–H and O–H groups in total. The van der Waals surface area contributed by atoms with Crippen LogP contribution >= 0.6 is 0 Å². The predicted octanol–water partition coefficient (Wildman–Crippen LogP) is 3.90. The van der Waals surface area contributed by atoms with Crippen LogP contribution in [0.3, 0.4) is 0 Å². The van der Waals surface area contributed by atoms with Crippen LogP contribution in [0.2, 0.25) is 0 Å². The molecule has 0 saturated carbocycles. The summed E-state index contributed by atoms with van der Waals surface area (Å²) in [4.78, 5) is 16.0. The normalized spacial score (nSPS) is 15.9. The maximum absolute atomic E-state index is 13.1. The zero-order valence-corrected chi connectivity index (χ0v) is 14.8. The van der Waals surface area contributed by atoms with E-state index in [4.69, 9.17) is 10.5 Å². The number of nitrogens with one attached hydrogen (secondary N) is 1. The molecule has 0 aliphatic carbocycles. The van der Waals surface area contributed by atoms with Crippen molar-refractivity contribution in [1.82, 2.24) is 4.98 Å². The van der Waals surface area contributed by atoms with Crippen molar-refractivity contribution in [3.8, 4) is 11.8 Å². The Kier molecular flexibility index (Phi) is 3.46. The van der Waals surface area contributed by atoms with E-state index in [1.54, 1.807) is 0 Å². The predicted molar refractivity (Wildman–Crippen MR) is 108 cm³/mol. The summed E-state index contributed by atoms with van der Waals surface area (Å²) in [5, 5.41) is 12.6. The molecule has 3 aromatic carbocycles. The minimum Gasteiger partial charge on any atom is -0.439 e. The molecule has 0 radical (unpaired) electrons. The Balaban J connectivity index is 1.92. The number of hydrogen-bond donors (Lipinski definition) is 2. The van der Waals surface area contributed by atoms with Crippen molar-refractivity contribution in [3.63, 3.8) is 0 Å². The number of benzene rings is 3. The molecule has 1 atom stereocenters. The molecule has 0 fully saturated rings. The topological polar surface area (TPSA) is 91.9 Å². The highest BCUT2D eigenvalue weighted by atomic mass is 16.5. The quantitative estimate of drug-likeness (QED) is 0.535. The van der Waals surface area contributed by atoms with Gasteiger partial charge in [-0.1, -0.05) is 54.6 Å². The monoisotopic (exact) mass is 365 g/mol. The Morgan fingerprint density at radius 1 is 0.964 bits per heavy atom. The van der Waals surface area contributed by atoms with Gasteiger partial charge in [0, 0.05) is 5.39 Å². The molecule has 0 saturated heterocycles. The fourth-order valence-electron chi connectivity index (χ4n) is 3.98. The van der Waals surface area contributed by atoms with Crippen LogP contribution in [0, 0.1) is 11.3 Å². The summed E-state index contributed by atoms with van der Waals surface area (Å²) in [5.74, 6) is -0.161.